The van der Waals surface area contributed by atoms with E-state index in [1.807, 2.05) is 66.1 Å². The van der Waals surface area contributed by atoms with Crippen molar-refractivity contribution in [1.82, 2.24) is 9.80 Å². The van der Waals surface area contributed by atoms with Crippen molar-refractivity contribution in [3.8, 4) is 0 Å². The second-order valence-electron chi connectivity index (χ2n) is 20.5. The summed E-state index contributed by atoms with van der Waals surface area (Å²) in [7, 11) is 9.01. The Labute approximate surface area is 404 Å². The molecule has 3 saturated heterocycles. The summed E-state index contributed by atoms with van der Waals surface area (Å²) in [4.78, 5) is 55.5. The van der Waals surface area contributed by atoms with E-state index in [2.05, 4.69) is 4.90 Å². The van der Waals surface area contributed by atoms with Crippen molar-refractivity contribution in [3.05, 3.63) is 24.3 Å². The zero-order chi connectivity index (χ0) is 50.6. The molecule has 4 aliphatic heterocycles. The summed E-state index contributed by atoms with van der Waals surface area (Å²) in [6.45, 7) is 15.9. The minimum atomic E-state index is -1.51. The number of hydrogen-bond acceptors (Lipinski definition) is 18. The van der Waals surface area contributed by atoms with Gasteiger partial charge in [0.05, 0.1) is 43.0 Å². The van der Waals surface area contributed by atoms with E-state index in [1.54, 1.807) is 46.7 Å². The van der Waals surface area contributed by atoms with Crippen LogP contribution in [0, 0.1) is 17.8 Å². The molecule has 0 aromatic carbocycles. The second-order valence-corrected chi connectivity index (χ2v) is 20.5. The van der Waals surface area contributed by atoms with Gasteiger partial charge in [-0.05, 0) is 99.8 Å². The molecule has 68 heavy (non-hydrogen) atoms. The lowest BCUT2D eigenvalue weighted by Crippen LogP contribution is -2.66. The third kappa shape index (κ3) is 16.3. The maximum absolute atomic E-state index is 13.5. The van der Waals surface area contributed by atoms with Crippen molar-refractivity contribution in [3.63, 3.8) is 0 Å². The number of aliphatic hydroxyl groups excluding tert-OH is 1. The molecule has 0 radical (unpaired) electrons. The topological polar surface area (TPSA) is 208 Å². The number of ether oxygens (including phenoxy) is 10. The third-order valence-electron chi connectivity index (χ3n) is 13.5. The summed E-state index contributed by atoms with van der Waals surface area (Å²) in [5.74, 6) is -2.62. The van der Waals surface area contributed by atoms with Gasteiger partial charge < -0.3 is 72.2 Å². The molecule has 0 spiro atoms. The van der Waals surface area contributed by atoms with Crippen molar-refractivity contribution in [1.29, 1.82) is 0 Å². The molecule has 4 aliphatic rings. The lowest BCUT2D eigenvalue weighted by Gasteiger charge is -2.50. The van der Waals surface area contributed by atoms with E-state index in [0.29, 0.717) is 19.3 Å². The minimum absolute atomic E-state index is 0.0447. The molecular weight excluding hydrogens is 885 g/mol. The van der Waals surface area contributed by atoms with Crippen LogP contribution in [0.2, 0.25) is 0 Å². The van der Waals surface area contributed by atoms with Crippen LogP contribution in [0.15, 0.2) is 24.3 Å². The number of rotatable bonds is 15. The Morgan fingerprint density at radius 1 is 0.897 bits per heavy atom. The van der Waals surface area contributed by atoms with E-state index in [-0.39, 0.29) is 43.2 Å². The first-order valence-corrected chi connectivity index (χ1v) is 24.5. The number of allylic oxidation sites excluding steroid dienone is 2. The first kappa shape index (κ1) is 57.7. The van der Waals surface area contributed by atoms with Crippen molar-refractivity contribution >= 4 is 24.2 Å². The van der Waals surface area contributed by atoms with Gasteiger partial charge in [-0.3, -0.25) is 14.4 Å². The lowest BCUT2D eigenvalue weighted by molar-refractivity contribution is -0.344. The lowest BCUT2D eigenvalue weighted by atomic mass is 9.82. The summed E-state index contributed by atoms with van der Waals surface area (Å²) in [6, 6.07) is -0.550. The number of aldehydes is 1. The van der Waals surface area contributed by atoms with Crippen LogP contribution in [-0.2, 0) is 66.5 Å². The van der Waals surface area contributed by atoms with Gasteiger partial charge in [0, 0.05) is 45.8 Å². The molecule has 2 N–H and O–H groups in total. The van der Waals surface area contributed by atoms with Gasteiger partial charge in [0.2, 0.25) is 0 Å². The number of cyclic esters (lactones) is 1. The fourth-order valence-corrected chi connectivity index (χ4v) is 10.1. The van der Waals surface area contributed by atoms with Crippen LogP contribution < -0.4 is 0 Å². The zero-order valence-corrected chi connectivity index (χ0v) is 43.0. The van der Waals surface area contributed by atoms with Gasteiger partial charge in [0.15, 0.2) is 25.0 Å². The Hall–Kier alpha value is -2.88. The van der Waals surface area contributed by atoms with Gasteiger partial charge in [0.1, 0.15) is 42.4 Å². The highest BCUT2D eigenvalue weighted by Gasteiger charge is 2.53. The maximum Gasteiger partial charge on any atom is 0.309 e. The molecule has 19 atom stereocenters. The number of nitrogens with zero attached hydrogens (tertiary/aromatic N) is 2. The van der Waals surface area contributed by atoms with Gasteiger partial charge in [-0.15, -0.1) is 0 Å². The second kappa shape index (κ2) is 26.5. The fraction of sp³-hybridized carbons (Fsp3) is 0.840. The molecule has 18 nitrogen and oxygen atoms in total. The van der Waals surface area contributed by atoms with Gasteiger partial charge in [-0.2, -0.15) is 0 Å². The predicted octanol–water partition coefficient (Wildman–Crippen LogP) is 4.49. The third-order valence-corrected chi connectivity index (χ3v) is 13.5. The summed E-state index contributed by atoms with van der Waals surface area (Å²) in [6.07, 6.45) is -1.77. The minimum Gasteiger partial charge on any atom is -0.462 e. The molecule has 0 aliphatic carbocycles. The van der Waals surface area contributed by atoms with Crippen LogP contribution in [-0.4, -0.2) is 183 Å². The number of methoxy groups -OCH3 is 1. The van der Waals surface area contributed by atoms with Crippen molar-refractivity contribution in [2.75, 3.05) is 35.3 Å². The largest absolute Gasteiger partial charge is 0.462 e. The quantitative estimate of drug-likeness (QED) is 0.132. The monoisotopic (exact) mass is 969 g/mol. The van der Waals surface area contributed by atoms with Gasteiger partial charge >= 0.3 is 17.9 Å². The summed E-state index contributed by atoms with van der Waals surface area (Å²) >= 11 is 0. The van der Waals surface area contributed by atoms with Crippen molar-refractivity contribution in [2.45, 2.75) is 217 Å². The average molecular weight is 969 g/mol. The Bertz CT molecular complexity index is 1660. The summed E-state index contributed by atoms with van der Waals surface area (Å²) in [5.41, 5.74) is -1.51. The fourth-order valence-electron chi connectivity index (χ4n) is 10.1. The number of carbonyl (C=O) groups is 4. The van der Waals surface area contributed by atoms with E-state index in [0.717, 1.165) is 12.7 Å². The molecule has 0 aromatic heterocycles. The highest BCUT2D eigenvalue weighted by molar-refractivity contribution is 5.72. The smallest absolute Gasteiger partial charge is 0.309 e. The molecule has 0 saturated carbocycles. The predicted molar refractivity (Wildman–Crippen MR) is 250 cm³/mol. The highest BCUT2D eigenvalue weighted by Crippen LogP contribution is 2.38. The molecule has 390 valence electrons. The van der Waals surface area contributed by atoms with Gasteiger partial charge in [-0.1, -0.05) is 45.1 Å². The van der Waals surface area contributed by atoms with Crippen LogP contribution in [0.1, 0.15) is 114 Å². The average Bonchev–Trinajstić information content (AvgIpc) is 3.21. The summed E-state index contributed by atoms with van der Waals surface area (Å²) < 4.78 is 62.7. The molecule has 0 bridgehead atoms. The molecule has 4 heterocycles. The number of esters is 3. The van der Waals surface area contributed by atoms with Crippen LogP contribution >= 0.6 is 0 Å². The van der Waals surface area contributed by atoms with Crippen LogP contribution in [0.5, 0.6) is 0 Å². The van der Waals surface area contributed by atoms with Crippen LogP contribution in [0.3, 0.4) is 0 Å². The SMILES string of the molecule is CO[C@@H]1[C@H](O[C@@H]2O[C@H](C)[C@@H](O[C@H]3C[C@@](C)(O)[C@@H](OC(=O)CC(C)C)[C@H](C)O3)[C@H](N(C)C)[C@H]2O)[C@H](CC=O)C[C@@H](C)[C@@H](O[C@H]2CC[C@H](N(C)C)[C@@H](C)O2)/C=C/C=C/C[C@@H](C)OC(=O)C[C@H]1OC(C)=O. The van der Waals surface area contributed by atoms with Crippen LogP contribution in [0.4, 0.5) is 0 Å². The molecule has 4 rings (SSSR count). The van der Waals surface area contributed by atoms with Crippen LogP contribution in [0.25, 0.3) is 0 Å². The van der Waals surface area contributed by atoms with Crippen molar-refractivity contribution < 1.29 is 76.8 Å². The normalized spacial score (nSPS) is 41.2. The summed E-state index contributed by atoms with van der Waals surface area (Å²) in [5, 5.41) is 23.9. The van der Waals surface area contributed by atoms with E-state index < -0.39 is 122 Å². The highest BCUT2D eigenvalue weighted by atomic mass is 16.7. The molecule has 0 amide bonds. The molecule has 3 fully saturated rings. The van der Waals surface area contributed by atoms with E-state index in [1.165, 1.54) is 14.0 Å². The molecule has 0 unspecified atom stereocenters. The Kier molecular flexibility index (Phi) is 22.5. The standard InChI is InChI=1S/C50H84N2O16/c1-28(2)24-39(55)66-48-33(7)62-42(27-50(48,9)58)67-45-32(6)63-49(44(57)43(45)52(12)13)68-46-35(22-23-53)25-29(3)37(65-41-21-20-36(51(10)11)31(5)61-41)19-17-15-16-18-30(4)60-40(56)26-38(47(46)59-14)64-34(8)54/h15-17,19,23,28-33,35-38,41-49,57-58H,18,20-22,24-27H2,1-14H3/b16-15+,19-17+/t29-,30-,31-,32-,33+,35-,36+,37+,38-,41+,42+,43-,44-,45-,46-,47+,48+,49+,50-/m1/s1. The zero-order valence-electron chi connectivity index (χ0n) is 43.0. The van der Waals surface area contributed by atoms with Gasteiger partial charge in [-0.25, -0.2) is 0 Å². The first-order valence-electron chi connectivity index (χ1n) is 24.5. The Morgan fingerprint density at radius 2 is 1.59 bits per heavy atom. The number of hydrogen-bond donors (Lipinski definition) is 2. The molecular formula is C50H84N2O16. The van der Waals surface area contributed by atoms with Crippen molar-refractivity contribution in [2.24, 2.45) is 17.8 Å². The molecule has 0 aromatic rings. The number of aliphatic hydroxyl groups is 2. The van der Waals surface area contributed by atoms with Gasteiger partial charge in [0.25, 0.3) is 0 Å². The van der Waals surface area contributed by atoms with E-state index >= 15 is 0 Å². The number of likely N-dealkylation sites (N-methyl/N-ethyl adjacent to an activating group) is 2. The van der Waals surface area contributed by atoms with E-state index in [4.69, 9.17) is 47.4 Å². The molecule has 18 heteroatoms. The number of carbonyl (C=O) groups excluding carboxylic acids is 4. The first-order chi connectivity index (χ1) is 31.9. The Morgan fingerprint density at radius 3 is 2.18 bits per heavy atom. The van der Waals surface area contributed by atoms with E-state index in [9.17, 15) is 29.4 Å². The maximum atomic E-state index is 13.5. The Balaban J connectivity index is 1.69.